The number of aromatic nitrogens is 3. The van der Waals surface area contributed by atoms with Crippen LogP contribution in [0.4, 0.5) is 0 Å². The Kier molecular flexibility index (Phi) is 6.57. The first-order valence-corrected chi connectivity index (χ1v) is 11.3. The molecule has 8 heteroatoms. The average Bonchev–Trinajstić information content (AvgIpc) is 3.43. The molecule has 4 aromatic rings. The molecule has 0 aliphatic carbocycles. The molecule has 3 aromatic heterocycles. The Labute approximate surface area is 190 Å². The summed E-state index contributed by atoms with van der Waals surface area (Å²) >= 11 is 1.35. The number of amides is 1. The molecule has 0 unspecified atom stereocenters. The predicted molar refractivity (Wildman–Crippen MR) is 123 cm³/mol. The second kappa shape index (κ2) is 9.71. The second-order valence-electron chi connectivity index (χ2n) is 7.43. The van der Waals surface area contributed by atoms with Crippen molar-refractivity contribution in [3.05, 3.63) is 71.8 Å². The molecule has 0 N–H and O–H groups in total. The molecule has 0 aliphatic heterocycles. The van der Waals surface area contributed by atoms with Crippen molar-refractivity contribution in [1.29, 1.82) is 5.26 Å². The zero-order chi connectivity index (χ0) is 22.5. The molecule has 162 valence electrons. The number of nitriles is 1. The number of carbonyl (C=O) groups is 1. The summed E-state index contributed by atoms with van der Waals surface area (Å²) < 4.78 is 7.21. The van der Waals surface area contributed by atoms with Crippen molar-refractivity contribution in [3.63, 3.8) is 0 Å². The van der Waals surface area contributed by atoms with Crippen LogP contribution >= 0.6 is 11.8 Å². The number of fused-ring (bicyclic) bond motifs is 1. The van der Waals surface area contributed by atoms with Gasteiger partial charge in [-0.05, 0) is 37.6 Å². The number of carbonyl (C=O) groups excluding carboxylic acids is 1. The van der Waals surface area contributed by atoms with Crippen molar-refractivity contribution in [3.8, 4) is 17.3 Å². The molecule has 1 amide bonds. The first-order chi connectivity index (χ1) is 15.6. The lowest BCUT2D eigenvalue weighted by Gasteiger charge is -2.20. The Morgan fingerprint density at radius 3 is 2.75 bits per heavy atom. The lowest BCUT2D eigenvalue weighted by atomic mass is 10.1. The van der Waals surface area contributed by atoms with Gasteiger partial charge in [0.1, 0.15) is 5.76 Å². The highest BCUT2D eigenvalue weighted by Gasteiger charge is 2.20. The minimum absolute atomic E-state index is 0.0796. The number of thioether (sulfide) groups is 1. The Morgan fingerprint density at radius 2 is 2.03 bits per heavy atom. The maximum atomic E-state index is 13.0. The predicted octanol–water partition coefficient (Wildman–Crippen LogP) is 4.64. The SMILES string of the molecule is Cc1cc(C)c2c(-c3ccccc3)nc(SCC(=O)N(CCC#N)Cc3ccco3)n2n1. The van der Waals surface area contributed by atoms with Gasteiger partial charge in [-0.2, -0.15) is 10.4 Å². The summed E-state index contributed by atoms with van der Waals surface area (Å²) in [5.74, 6) is 0.796. The second-order valence-corrected chi connectivity index (χ2v) is 8.37. The smallest absolute Gasteiger partial charge is 0.233 e. The summed E-state index contributed by atoms with van der Waals surface area (Å²) in [7, 11) is 0. The highest BCUT2D eigenvalue weighted by molar-refractivity contribution is 7.99. The van der Waals surface area contributed by atoms with Crippen LogP contribution in [0.3, 0.4) is 0 Å². The van der Waals surface area contributed by atoms with Crippen molar-refractivity contribution >= 4 is 23.2 Å². The van der Waals surface area contributed by atoms with Gasteiger partial charge in [0, 0.05) is 12.1 Å². The minimum atomic E-state index is -0.0796. The largest absolute Gasteiger partial charge is 0.467 e. The van der Waals surface area contributed by atoms with Crippen molar-refractivity contribution < 1.29 is 9.21 Å². The van der Waals surface area contributed by atoms with E-state index in [4.69, 9.17) is 14.7 Å². The van der Waals surface area contributed by atoms with Crippen LogP contribution < -0.4 is 0 Å². The van der Waals surface area contributed by atoms with Crippen LogP contribution in [0.2, 0.25) is 0 Å². The third kappa shape index (κ3) is 4.68. The number of imidazole rings is 1. The standard InChI is InChI=1S/C24H23N5O2S/c1-17-14-18(2)27-29-23(17)22(19-8-4-3-5-9-19)26-24(29)32-16-21(30)28(12-7-11-25)15-20-10-6-13-31-20/h3-6,8-10,13-14H,7,12,15-16H2,1-2H3. The van der Waals surface area contributed by atoms with Crippen LogP contribution in [0.15, 0.2) is 64.4 Å². The van der Waals surface area contributed by atoms with Gasteiger partial charge < -0.3 is 9.32 Å². The molecule has 4 rings (SSSR count). The highest BCUT2D eigenvalue weighted by Crippen LogP contribution is 2.31. The number of rotatable bonds is 8. The molecular formula is C24H23N5O2S. The zero-order valence-corrected chi connectivity index (χ0v) is 18.8. The first kappa shape index (κ1) is 21.7. The molecular weight excluding hydrogens is 422 g/mol. The van der Waals surface area contributed by atoms with Crippen LogP contribution in [0.1, 0.15) is 23.4 Å². The molecule has 0 radical (unpaired) electrons. The summed E-state index contributed by atoms with van der Waals surface area (Å²) in [6, 6.07) is 17.7. The summed E-state index contributed by atoms with van der Waals surface area (Å²) in [5, 5.41) is 14.3. The van der Waals surface area contributed by atoms with Gasteiger partial charge in [-0.3, -0.25) is 4.79 Å². The van der Waals surface area contributed by atoms with Gasteiger partial charge in [0.2, 0.25) is 5.91 Å². The molecule has 32 heavy (non-hydrogen) atoms. The fraction of sp³-hybridized carbons (Fsp3) is 0.250. The monoisotopic (exact) mass is 445 g/mol. The number of hydrogen-bond donors (Lipinski definition) is 0. The van der Waals surface area contributed by atoms with Gasteiger partial charge in [0.15, 0.2) is 5.16 Å². The van der Waals surface area contributed by atoms with E-state index in [1.807, 2.05) is 60.8 Å². The molecule has 0 aliphatic rings. The number of hydrogen-bond acceptors (Lipinski definition) is 6. The van der Waals surface area contributed by atoms with Gasteiger partial charge in [-0.25, -0.2) is 9.50 Å². The van der Waals surface area contributed by atoms with E-state index in [2.05, 4.69) is 11.2 Å². The van der Waals surface area contributed by atoms with Crippen LogP contribution in [0.25, 0.3) is 16.8 Å². The molecule has 0 fully saturated rings. The number of benzene rings is 1. The van der Waals surface area contributed by atoms with Crippen molar-refractivity contribution in [1.82, 2.24) is 19.5 Å². The van der Waals surface area contributed by atoms with Crippen molar-refractivity contribution in [2.45, 2.75) is 32.0 Å². The molecule has 7 nitrogen and oxygen atoms in total. The zero-order valence-electron chi connectivity index (χ0n) is 18.0. The highest BCUT2D eigenvalue weighted by atomic mass is 32.2. The summed E-state index contributed by atoms with van der Waals surface area (Å²) in [5.41, 5.74) is 4.76. The molecule has 0 spiro atoms. The summed E-state index contributed by atoms with van der Waals surface area (Å²) in [4.78, 5) is 19.5. The molecule has 0 atom stereocenters. The van der Waals surface area contributed by atoms with E-state index in [1.165, 1.54) is 11.8 Å². The van der Waals surface area contributed by atoms with Gasteiger partial charge in [0.05, 0.1) is 48.0 Å². The van der Waals surface area contributed by atoms with E-state index in [9.17, 15) is 4.79 Å². The van der Waals surface area contributed by atoms with E-state index in [0.29, 0.717) is 24.0 Å². The van der Waals surface area contributed by atoms with Crippen LogP contribution in [-0.4, -0.2) is 37.7 Å². The Balaban J connectivity index is 1.61. The quantitative estimate of drug-likeness (QED) is 0.367. The number of furan rings is 1. The molecule has 0 saturated carbocycles. The van der Waals surface area contributed by atoms with Gasteiger partial charge in [0.25, 0.3) is 0 Å². The fourth-order valence-corrected chi connectivity index (χ4v) is 4.43. The van der Waals surface area contributed by atoms with Crippen LogP contribution in [0, 0.1) is 25.2 Å². The lowest BCUT2D eigenvalue weighted by Crippen LogP contribution is -2.32. The van der Waals surface area contributed by atoms with Gasteiger partial charge in [-0.15, -0.1) is 0 Å². The molecule has 1 aromatic carbocycles. The number of aryl methyl sites for hydroxylation is 2. The molecule has 3 heterocycles. The van der Waals surface area contributed by atoms with Crippen LogP contribution in [-0.2, 0) is 11.3 Å². The van der Waals surface area contributed by atoms with E-state index < -0.39 is 0 Å². The Hall–Kier alpha value is -3.57. The van der Waals surface area contributed by atoms with E-state index in [0.717, 1.165) is 28.0 Å². The number of nitrogens with zero attached hydrogens (tertiary/aromatic N) is 5. The third-order valence-electron chi connectivity index (χ3n) is 5.03. The summed E-state index contributed by atoms with van der Waals surface area (Å²) in [6.07, 6.45) is 1.84. The lowest BCUT2D eigenvalue weighted by molar-refractivity contribution is -0.129. The van der Waals surface area contributed by atoms with Crippen molar-refractivity contribution in [2.75, 3.05) is 12.3 Å². The maximum Gasteiger partial charge on any atom is 0.233 e. The van der Waals surface area contributed by atoms with Crippen LogP contribution in [0.5, 0.6) is 0 Å². The topological polar surface area (TPSA) is 87.4 Å². The summed E-state index contributed by atoms with van der Waals surface area (Å²) in [6.45, 7) is 4.68. The molecule has 0 bridgehead atoms. The average molecular weight is 446 g/mol. The van der Waals surface area contributed by atoms with E-state index >= 15 is 0 Å². The normalized spacial score (nSPS) is 10.9. The minimum Gasteiger partial charge on any atom is -0.467 e. The Bertz CT molecular complexity index is 1260. The fourth-order valence-electron chi connectivity index (χ4n) is 3.58. The van der Waals surface area contributed by atoms with E-state index in [1.54, 1.807) is 17.2 Å². The van der Waals surface area contributed by atoms with E-state index in [-0.39, 0.29) is 18.1 Å². The third-order valence-corrected chi connectivity index (χ3v) is 5.94. The maximum absolute atomic E-state index is 13.0. The van der Waals surface area contributed by atoms with Crippen molar-refractivity contribution in [2.24, 2.45) is 0 Å². The molecule has 0 saturated heterocycles. The Morgan fingerprint density at radius 1 is 1.22 bits per heavy atom. The first-order valence-electron chi connectivity index (χ1n) is 10.3. The van der Waals surface area contributed by atoms with Gasteiger partial charge in [-0.1, -0.05) is 42.1 Å². The van der Waals surface area contributed by atoms with Gasteiger partial charge >= 0.3 is 0 Å².